The Morgan fingerprint density at radius 1 is 1.15 bits per heavy atom. The normalized spacial score (nSPS) is 17.0. The second kappa shape index (κ2) is 15.6. The zero-order chi connectivity index (χ0) is 29.8. The third-order valence-corrected chi connectivity index (χ3v) is 8.66. The first kappa shape index (κ1) is 32.2. The molecular weight excluding hydrogens is 543 g/mol. The Balaban J connectivity index is 0.00000226. The van der Waals surface area contributed by atoms with Gasteiger partial charge in [-0.3, -0.25) is 9.78 Å². The number of hydrogen-bond donors (Lipinski definition) is 3. The Hall–Kier alpha value is -3.34. The van der Waals surface area contributed by atoms with Crippen LogP contribution < -0.4 is 20.5 Å². The Morgan fingerprint density at radius 2 is 1.93 bits per heavy atom. The van der Waals surface area contributed by atoms with Crippen LogP contribution in [0, 0.1) is 5.82 Å². The number of nitrogens with one attached hydrogen (secondary N) is 2. The van der Waals surface area contributed by atoms with Crippen molar-refractivity contribution in [3.05, 3.63) is 89.5 Å². The van der Waals surface area contributed by atoms with Crippen molar-refractivity contribution in [3.8, 4) is 5.75 Å². The van der Waals surface area contributed by atoms with Crippen LogP contribution in [0.2, 0.25) is 0 Å². The molecule has 10 heteroatoms. The van der Waals surface area contributed by atoms with Crippen molar-refractivity contribution in [1.82, 2.24) is 15.0 Å². The fourth-order valence-corrected chi connectivity index (χ4v) is 6.22. The number of hydrogen-bond acceptors (Lipinski definition) is 6. The molecule has 0 saturated heterocycles. The summed E-state index contributed by atoms with van der Waals surface area (Å²) in [5.74, 6) is -0.141. The van der Waals surface area contributed by atoms with Crippen molar-refractivity contribution in [2.24, 2.45) is 5.73 Å². The van der Waals surface area contributed by atoms with Gasteiger partial charge in [0.15, 0.2) is 0 Å². The van der Waals surface area contributed by atoms with Gasteiger partial charge in [-0.05, 0) is 79.1 Å². The lowest BCUT2D eigenvalue weighted by molar-refractivity contribution is -0.123. The van der Waals surface area contributed by atoms with Gasteiger partial charge < -0.3 is 15.8 Å². The maximum Gasteiger partial charge on any atom is 0.243 e. The smallest absolute Gasteiger partial charge is 0.243 e. The van der Waals surface area contributed by atoms with Crippen LogP contribution in [0.4, 0.5) is 4.39 Å². The van der Waals surface area contributed by atoms with Crippen LogP contribution in [-0.2, 0) is 27.7 Å². The van der Waals surface area contributed by atoms with E-state index in [4.69, 9.17) is 10.5 Å². The Bertz CT molecular complexity index is 1370. The van der Waals surface area contributed by atoms with E-state index in [1.807, 2.05) is 38.2 Å². The maximum atomic E-state index is 13.8. The monoisotopic (exact) mass is 584 g/mol. The molecular formula is C31H41FN4O4S. The number of rotatable bonds is 12. The third kappa shape index (κ3) is 8.82. The molecule has 1 heterocycles. The summed E-state index contributed by atoms with van der Waals surface area (Å²) in [5.41, 5.74) is 9.71. The van der Waals surface area contributed by atoms with Gasteiger partial charge in [-0.15, -0.1) is 0 Å². The highest BCUT2D eigenvalue weighted by Crippen LogP contribution is 2.36. The van der Waals surface area contributed by atoms with Crippen molar-refractivity contribution in [2.75, 3.05) is 13.7 Å². The van der Waals surface area contributed by atoms with E-state index in [9.17, 15) is 17.6 Å². The number of fused-ring (bicyclic) bond motifs is 1. The fraction of sp³-hybridized carbons (Fsp3) is 0.419. The van der Waals surface area contributed by atoms with Gasteiger partial charge in [-0.1, -0.05) is 44.5 Å². The van der Waals surface area contributed by atoms with E-state index < -0.39 is 21.9 Å². The lowest BCUT2D eigenvalue weighted by Crippen LogP contribution is -2.49. The summed E-state index contributed by atoms with van der Waals surface area (Å²) in [6.45, 7) is 4.13. The van der Waals surface area contributed by atoms with Gasteiger partial charge >= 0.3 is 0 Å². The molecule has 4 rings (SSSR count). The number of nitrogens with zero attached hydrogens (tertiary/aromatic N) is 1. The number of aryl methyl sites for hydroxylation is 1. The summed E-state index contributed by atoms with van der Waals surface area (Å²) in [7, 11) is -2.28. The first-order chi connectivity index (χ1) is 19.8. The minimum Gasteiger partial charge on any atom is -0.497 e. The summed E-state index contributed by atoms with van der Waals surface area (Å²) < 4.78 is 46.3. The van der Waals surface area contributed by atoms with Crippen LogP contribution >= 0.6 is 0 Å². The number of ether oxygens (including phenoxy) is 1. The highest BCUT2D eigenvalue weighted by atomic mass is 32.2. The number of carbonyl (C=O) groups is 1. The molecule has 1 aliphatic carbocycles. The molecule has 0 aliphatic heterocycles. The number of aromatic nitrogens is 1. The van der Waals surface area contributed by atoms with Crippen LogP contribution in [0.15, 0.2) is 71.9 Å². The summed E-state index contributed by atoms with van der Waals surface area (Å²) in [6, 6.07) is 14.5. The summed E-state index contributed by atoms with van der Waals surface area (Å²) in [6.07, 6.45) is 7.34. The highest BCUT2D eigenvalue weighted by Gasteiger charge is 2.32. The Morgan fingerprint density at radius 3 is 2.63 bits per heavy atom. The largest absolute Gasteiger partial charge is 0.497 e. The van der Waals surface area contributed by atoms with E-state index in [0.717, 1.165) is 36.6 Å². The summed E-state index contributed by atoms with van der Waals surface area (Å²) >= 11 is 0. The van der Waals surface area contributed by atoms with Gasteiger partial charge in [0.2, 0.25) is 15.9 Å². The Kier molecular flexibility index (Phi) is 12.2. The molecule has 1 amide bonds. The van der Waals surface area contributed by atoms with Crippen molar-refractivity contribution < 1.29 is 22.3 Å². The number of pyridine rings is 1. The molecule has 222 valence electrons. The first-order valence-corrected chi connectivity index (χ1v) is 15.6. The molecule has 41 heavy (non-hydrogen) atoms. The number of unbranched alkanes of at least 4 members (excludes halogenated alkanes) is 1. The average Bonchev–Trinajstić information content (AvgIpc) is 2.99. The van der Waals surface area contributed by atoms with Crippen molar-refractivity contribution in [3.63, 3.8) is 0 Å². The van der Waals surface area contributed by atoms with Crippen molar-refractivity contribution in [2.45, 2.75) is 75.3 Å². The van der Waals surface area contributed by atoms with Crippen LogP contribution in [0.25, 0.3) is 0 Å². The number of carbonyl (C=O) groups excluding carboxylic acids is 1. The molecule has 0 fully saturated rings. The standard InChI is InChI=1S/C29H35FN4O4S.C2H6/c1-38-22-12-13-23-21(18-22)11-14-27(24(23)17-20-7-6-15-32-19-20)34-29(35)26(31)9-4-5-16-33-39(36,37)28-10-3-2-8-25(28)30;1-2/h2-3,6-8,10,12-13,15,18-19,24,26-27,33H,4-5,9,11,14,16-17,31H2,1H3,(H,34,35);1-2H3. The van der Waals surface area contributed by atoms with E-state index >= 15 is 0 Å². The second-order valence-corrected chi connectivity index (χ2v) is 11.6. The van der Waals surface area contributed by atoms with E-state index in [1.165, 1.54) is 29.3 Å². The number of nitrogens with two attached hydrogens (primary N) is 1. The van der Waals surface area contributed by atoms with Crippen LogP contribution in [0.3, 0.4) is 0 Å². The fourth-order valence-electron chi connectivity index (χ4n) is 5.07. The molecule has 4 N–H and O–H groups in total. The molecule has 1 aromatic heterocycles. The van der Waals surface area contributed by atoms with Crippen LogP contribution in [0.1, 0.15) is 62.1 Å². The second-order valence-electron chi connectivity index (χ2n) is 9.82. The molecule has 0 bridgehead atoms. The third-order valence-electron chi connectivity index (χ3n) is 7.16. The van der Waals surface area contributed by atoms with E-state index in [-0.39, 0.29) is 29.3 Å². The molecule has 0 saturated carbocycles. The minimum absolute atomic E-state index is 0.0628. The minimum atomic E-state index is -3.94. The van der Waals surface area contributed by atoms with E-state index in [2.05, 4.69) is 27.2 Å². The molecule has 3 unspecified atom stereocenters. The molecule has 2 aromatic carbocycles. The molecule has 8 nitrogen and oxygen atoms in total. The molecule has 3 aromatic rings. The lowest BCUT2D eigenvalue weighted by Gasteiger charge is -2.35. The first-order valence-electron chi connectivity index (χ1n) is 14.1. The van der Waals surface area contributed by atoms with Gasteiger partial charge in [-0.25, -0.2) is 17.5 Å². The number of methoxy groups -OCH3 is 1. The van der Waals surface area contributed by atoms with Gasteiger partial charge in [0, 0.05) is 30.9 Å². The zero-order valence-corrected chi connectivity index (χ0v) is 24.8. The van der Waals surface area contributed by atoms with Crippen LogP contribution in [0.5, 0.6) is 5.75 Å². The summed E-state index contributed by atoms with van der Waals surface area (Å²) in [5, 5.41) is 3.18. The predicted molar refractivity (Wildman–Crippen MR) is 159 cm³/mol. The molecule has 0 spiro atoms. The summed E-state index contributed by atoms with van der Waals surface area (Å²) in [4.78, 5) is 16.9. The highest BCUT2D eigenvalue weighted by molar-refractivity contribution is 7.89. The van der Waals surface area contributed by atoms with E-state index in [1.54, 1.807) is 13.3 Å². The number of benzene rings is 2. The number of amides is 1. The predicted octanol–water partition coefficient (Wildman–Crippen LogP) is 4.49. The van der Waals surface area contributed by atoms with Crippen molar-refractivity contribution in [1.29, 1.82) is 0 Å². The van der Waals surface area contributed by atoms with Gasteiger partial charge in [0.1, 0.15) is 16.5 Å². The zero-order valence-electron chi connectivity index (χ0n) is 24.0. The SMILES string of the molecule is CC.COc1ccc2c(c1)CCC(NC(=O)C(N)CCCCNS(=O)(=O)c1ccccc1F)C2Cc1cccnc1. The van der Waals surface area contributed by atoms with Gasteiger partial charge in [0.25, 0.3) is 0 Å². The lowest BCUT2D eigenvalue weighted by atomic mass is 9.76. The molecule has 0 radical (unpaired) electrons. The van der Waals surface area contributed by atoms with Gasteiger partial charge in [0.05, 0.1) is 13.2 Å². The average molecular weight is 585 g/mol. The molecule has 3 atom stereocenters. The number of sulfonamides is 1. The van der Waals surface area contributed by atoms with Crippen molar-refractivity contribution >= 4 is 15.9 Å². The number of halogens is 1. The van der Waals surface area contributed by atoms with Gasteiger partial charge in [-0.2, -0.15) is 0 Å². The van der Waals surface area contributed by atoms with Crippen LogP contribution in [-0.4, -0.2) is 45.0 Å². The molecule has 1 aliphatic rings. The Labute approximate surface area is 243 Å². The maximum absolute atomic E-state index is 13.8. The topological polar surface area (TPSA) is 123 Å². The van der Waals surface area contributed by atoms with E-state index in [0.29, 0.717) is 19.3 Å². The quantitative estimate of drug-likeness (QED) is 0.270.